The zero-order chi connectivity index (χ0) is 32.7. The third kappa shape index (κ3) is 5.05. The van der Waals surface area contributed by atoms with Gasteiger partial charge in [-0.25, -0.2) is 0 Å². The van der Waals surface area contributed by atoms with Crippen LogP contribution in [0.2, 0.25) is 0 Å². The Bertz CT molecular complexity index is 1410. The van der Waals surface area contributed by atoms with Crippen LogP contribution in [0.1, 0.15) is 45.4 Å². The standard InChI is InChI=1S/C30H40N4O10/c1-29(12-35)14-7-6-9-18(36)19(14)23(37)20-15(29)11-16-22(34(2)3)24(38)21(26(40)30(16,44)25(20)39)27(41)33-13-32-17(28(42)43)8-4-5-10-31/h7,12,15-17,22,32,37,39-40,44H,4-6,8-11,13,31H2,1-3H3,(H,33,41)(H,42,43)/t15-,16-,17?,22-,29+,30-/m0/s1. The molecule has 0 aromatic carbocycles. The third-order valence-corrected chi connectivity index (χ3v) is 9.42. The van der Waals surface area contributed by atoms with Crippen LogP contribution in [0.3, 0.4) is 0 Å². The first-order valence-electron chi connectivity index (χ1n) is 14.6. The van der Waals surface area contributed by atoms with Crippen LogP contribution in [0.25, 0.3) is 0 Å². The third-order valence-electron chi connectivity index (χ3n) is 9.42. The van der Waals surface area contributed by atoms with Crippen molar-refractivity contribution in [1.29, 1.82) is 0 Å². The monoisotopic (exact) mass is 616 g/mol. The number of unbranched alkanes of at least 4 members (excludes halogenated alkanes) is 1. The SMILES string of the molecule is CN(C)[C@@H]1C(=O)C(C(=O)NCNC(CCCCN)C(=O)O)=C(O)[C@@]2(O)C(O)=C3C(O)=C4C(=O)CCC=C4[C@@](C)(C=O)[C@H]3C[C@@H]12. The van der Waals surface area contributed by atoms with Gasteiger partial charge >= 0.3 is 5.97 Å². The van der Waals surface area contributed by atoms with Crippen molar-refractivity contribution in [2.75, 3.05) is 27.3 Å². The molecule has 4 rings (SSSR count). The molecule has 0 radical (unpaired) electrons. The van der Waals surface area contributed by atoms with Crippen molar-refractivity contribution in [3.63, 3.8) is 0 Å². The minimum absolute atomic E-state index is 0.0555. The largest absolute Gasteiger partial charge is 0.508 e. The summed E-state index contributed by atoms with van der Waals surface area (Å²) >= 11 is 0. The van der Waals surface area contributed by atoms with Gasteiger partial charge in [0.2, 0.25) is 0 Å². The van der Waals surface area contributed by atoms with Gasteiger partial charge in [-0.15, -0.1) is 0 Å². The molecular formula is C30H40N4O10. The van der Waals surface area contributed by atoms with Crippen molar-refractivity contribution in [3.8, 4) is 0 Å². The molecule has 0 saturated heterocycles. The number of carboxylic acid groups (broad SMARTS) is 1. The van der Waals surface area contributed by atoms with Crippen LogP contribution in [0.15, 0.2) is 45.6 Å². The molecular weight excluding hydrogens is 576 g/mol. The van der Waals surface area contributed by atoms with Crippen LogP contribution < -0.4 is 16.4 Å². The number of nitrogens with zero attached hydrogens (tertiary/aromatic N) is 1. The number of nitrogens with one attached hydrogen (secondary N) is 2. The van der Waals surface area contributed by atoms with Crippen LogP contribution in [0.5, 0.6) is 0 Å². The maximum Gasteiger partial charge on any atom is 0.320 e. The normalized spacial score (nSPS) is 30.9. The highest BCUT2D eigenvalue weighted by molar-refractivity contribution is 6.22. The number of rotatable bonds is 11. The predicted molar refractivity (Wildman–Crippen MR) is 155 cm³/mol. The summed E-state index contributed by atoms with van der Waals surface area (Å²) in [4.78, 5) is 65.6. The number of ketones is 2. The first kappa shape index (κ1) is 33.1. The van der Waals surface area contributed by atoms with Crippen LogP contribution in [-0.2, 0) is 24.0 Å². The predicted octanol–water partition coefficient (Wildman–Crippen LogP) is 0.0564. The van der Waals surface area contributed by atoms with Gasteiger partial charge in [0.15, 0.2) is 17.2 Å². The average molecular weight is 617 g/mol. The number of aliphatic hydroxyl groups excluding tert-OH is 3. The Morgan fingerprint density at radius 3 is 2.45 bits per heavy atom. The van der Waals surface area contributed by atoms with Gasteiger partial charge in [-0.3, -0.25) is 29.4 Å². The van der Waals surface area contributed by atoms with Gasteiger partial charge < -0.3 is 41.4 Å². The van der Waals surface area contributed by atoms with Crippen molar-refractivity contribution in [3.05, 3.63) is 45.6 Å². The molecule has 0 bridgehead atoms. The molecule has 1 amide bonds. The molecule has 0 aliphatic heterocycles. The molecule has 0 aromatic rings. The van der Waals surface area contributed by atoms with E-state index in [1.807, 2.05) is 0 Å². The molecule has 0 heterocycles. The Morgan fingerprint density at radius 2 is 1.86 bits per heavy atom. The number of allylic oxidation sites excluding steroid dienone is 4. The highest BCUT2D eigenvalue weighted by Crippen LogP contribution is 2.60. The van der Waals surface area contributed by atoms with E-state index in [0.29, 0.717) is 37.7 Å². The second-order valence-electron chi connectivity index (χ2n) is 12.2. The quantitative estimate of drug-likeness (QED) is 0.0664. The lowest BCUT2D eigenvalue weighted by Crippen LogP contribution is -2.63. The molecule has 0 saturated carbocycles. The van der Waals surface area contributed by atoms with E-state index in [0.717, 1.165) is 0 Å². The topological polar surface area (TPSA) is 240 Å². The van der Waals surface area contributed by atoms with E-state index < -0.39 is 87.9 Å². The second kappa shape index (κ2) is 12.3. The Hall–Kier alpha value is -3.85. The maximum atomic E-state index is 13.8. The van der Waals surface area contributed by atoms with Crippen LogP contribution in [0, 0.1) is 17.3 Å². The number of hydrogen-bond donors (Lipinski definition) is 8. The van der Waals surface area contributed by atoms with Crippen molar-refractivity contribution >= 4 is 29.7 Å². The average Bonchev–Trinajstić information content (AvgIpc) is 2.96. The highest BCUT2D eigenvalue weighted by atomic mass is 16.4. The zero-order valence-corrected chi connectivity index (χ0v) is 24.9. The molecule has 0 aromatic heterocycles. The number of carboxylic acids is 1. The van der Waals surface area contributed by atoms with Crippen LogP contribution in [0.4, 0.5) is 0 Å². The Kier molecular flexibility index (Phi) is 9.22. The van der Waals surface area contributed by atoms with E-state index in [-0.39, 0.29) is 30.4 Å². The van der Waals surface area contributed by atoms with Gasteiger partial charge in [-0.2, -0.15) is 0 Å². The molecule has 4 aliphatic rings. The summed E-state index contributed by atoms with van der Waals surface area (Å²) in [5, 5.41) is 60.9. The highest BCUT2D eigenvalue weighted by Gasteiger charge is 2.65. The fourth-order valence-electron chi connectivity index (χ4n) is 7.10. The Morgan fingerprint density at radius 1 is 1.18 bits per heavy atom. The van der Waals surface area contributed by atoms with Crippen molar-refractivity contribution in [1.82, 2.24) is 15.5 Å². The summed E-state index contributed by atoms with van der Waals surface area (Å²) in [7, 11) is 3.02. The summed E-state index contributed by atoms with van der Waals surface area (Å²) in [6, 6.07) is -2.31. The first-order valence-corrected chi connectivity index (χ1v) is 14.6. The van der Waals surface area contributed by atoms with Gasteiger partial charge in [0.1, 0.15) is 35.2 Å². The fourth-order valence-corrected chi connectivity index (χ4v) is 7.10. The number of likely N-dealkylation sites (N-methyl/N-ethyl adjacent to an activating group) is 1. The number of Topliss-reactive ketones (excluding diaryl/α,β-unsaturated/α-hetero) is 2. The number of aldehydes is 1. The number of amides is 1. The van der Waals surface area contributed by atoms with Gasteiger partial charge in [0.25, 0.3) is 5.91 Å². The van der Waals surface area contributed by atoms with Crippen molar-refractivity contribution in [2.24, 2.45) is 23.0 Å². The van der Waals surface area contributed by atoms with E-state index in [4.69, 9.17) is 5.73 Å². The molecule has 14 heteroatoms. The van der Waals surface area contributed by atoms with Gasteiger partial charge in [-0.1, -0.05) is 12.5 Å². The maximum absolute atomic E-state index is 13.8. The Balaban J connectivity index is 1.80. The number of fused-ring (bicyclic) bond motifs is 3. The fraction of sp³-hybridized carbons (Fsp3) is 0.567. The van der Waals surface area contributed by atoms with Crippen LogP contribution in [-0.4, -0.2) is 105 Å². The minimum atomic E-state index is -2.75. The molecule has 4 aliphatic carbocycles. The summed E-state index contributed by atoms with van der Waals surface area (Å²) < 4.78 is 0. The molecule has 1 unspecified atom stereocenters. The minimum Gasteiger partial charge on any atom is -0.508 e. The van der Waals surface area contributed by atoms with Crippen molar-refractivity contribution in [2.45, 2.75) is 63.1 Å². The molecule has 240 valence electrons. The van der Waals surface area contributed by atoms with Gasteiger partial charge in [-0.05, 0) is 58.8 Å². The molecule has 0 spiro atoms. The van der Waals surface area contributed by atoms with Gasteiger partial charge in [0, 0.05) is 23.8 Å². The number of aliphatic hydroxyl groups is 4. The molecule has 0 fully saturated rings. The van der Waals surface area contributed by atoms with Crippen LogP contribution >= 0.6 is 0 Å². The van der Waals surface area contributed by atoms with E-state index in [1.165, 1.54) is 19.0 Å². The van der Waals surface area contributed by atoms with E-state index in [2.05, 4.69) is 10.6 Å². The smallest absolute Gasteiger partial charge is 0.320 e. The number of nitrogens with two attached hydrogens (primary N) is 1. The number of aliphatic carboxylic acids is 1. The van der Waals surface area contributed by atoms with E-state index in [9.17, 15) is 49.5 Å². The number of carbonyl (C=O) groups is 5. The summed E-state index contributed by atoms with van der Waals surface area (Å²) in [6.45, 7) is 1.53. The molecule has 44 heavy (non-hydrogen) atoms. The summed E-state index contributed by atoms with van der Waals surface area (Å²) in [6.07, 6.45) is 3.85. The lowest BCUT2D eigenvalue weighted by atomic mass is 9.52. The van der Waals surface area contributed by atoms with Gasteiger partial charge in [0.05, 0.1) is 23.7 Å². The van der Waals surface area contributed by atoms with Crippen molar-refractivity contribution < 1.29 is 49.5 Å². The Labute approximate surface area is 254 Å². The molecule has 14 nitrogen and oxygen atoms in total. The lowest BCUT2D eigenvalue weighted by Gasteiger charge is -2.53. The van der Waals surface area contributed by atoms with E-state index in [1.54, 1.807) is 13.0 Å². The summed E-state index contributed by atoms with van der Waals surface area (Å²) in [5.41, 5.74) is 0.247. The number of carbonyl (C=O) groups excluding carboxylic acids is 4. The second-order valence-corrected chi connectivity index (χ2v) is 12.2. The lowest BCUT2D eigenvalue weighted by molar-refractivity contribution is -0.141. The molecule has 9 N–H and O–H groups in total. The number of hydrogen-bond acceptors (Lipinski definition) is 12. The zero-order valence-electron chi connectivity index (χ0n) is 24.9. The molecule has 6 atom stereocenters. The van der Waals surface area contributed by atoms with E-state index >= 15 is 0 Å². The first-order chi connectivity index (χ1) is 20.7. The summed E-state index contributed by atoms with van der Waals surface area (Å²) in [5.74, 6) is -8.66.